The zero-order chi connectivity index (χ0) is 23.3. The van der Waals surface area contributed by atoms with Crippen molar-refractivity contribution in [2.24, 2.45) is 11.8 Å². The van der Waals surface area contributed by atoms with Gasteiger partial charge in [-0.3, -0.25) is 4.98 Å². The number of nitrogens with zero attached hydrogens (tertiary/aromatic N) is 1. The number of benzene rings is 2. The van der Waals surface area contributed by atoms with Crippen molar-refractivity contribution in [1.29, 1.82) is 0 Å². The molecule has 0 amide bonds. The van der Waals surface area contributed by atoms with Gasteiger partial charge in [0, 0.05) is 11.3 Å². The van der Waals surface area contributed by atoms with Crippen LogP contribution in [0.3, 0.4) is 0 Å². The van der Waals surface area contributed by atoms with E-state index in [9.17, 15) is 9.90 Å². The van der Waals surface area contributed by atoms with E-state index in [0.717, 1.165) is 60.7 Å². The number of hydrogen-bond donors (Lipinski definition) is 1. The fourth-order valence-corrected chi connectivity index (χ4v) is 5.26. The maximum absolute atomic E-state index is 13.2. The second kappa shape index (κ2) is 10.5. The first kappa shape index (κ1) is 23.4. The Bertz CT molecular complexity index is 1060. The molecule has 0 aliphatic heterocycles. The molecular weight excluding hydrogens is 410 g/mol. The summed E-state index contributed by atoms with van der Waals surface area (Å²) < 4.78 is 6.86. The highest BCUT2D eigenvalue weighted by molar-refractivity contribution is 5.80. The fraction of sp³-hybridized carbons (Fsp3) is 0.448. The van der Waals surface area contributed by atoms with Gasteiger partial charge in [0.1, 0.15) is 6.10 Å². The van der Waals surface area contributed by atoms with Gasteiger partial charge in [-0.15, -0.1) is 0 Å². The molecule has 174 valence electrons. The first-order valence-electron chi connectivity index (χ1n) is 12.3. The van der Waals surface area contributed by atoms with E-state index >= 15 is 0 Å². The molecule has 1 aliphatic rings. The Morgan fingerprint density at radius 1 is 0.970 bits per heavy atom. The first-order valence-corrected chi connectivity index (χ1v) is 12.3. The maximum atomic E-state index is 13.2. The molecule has 0 radical (unpaired) electrons. The zero-order valence-corrected chi connectivity index (χ0v) is 19.7. The quantitative estimate of drug-likeness (QED) is 0.370. The van der Waals surface area contributed by atoms with E-state index in [0.29, 0.717) is 12.3 Å². The van der Waals surface area contributed by atoms with Crippen LogP contribution in [0.25, 0.3) is 10.9 Å². The Hall–Kier alpha value is -2.72. The Kier molecular flexibility index (Phi) is 7.44. The second-order valence-corrected chi connectivity index (χ2v) is 9.76. The molecule has 4 heteroatoms. The molecule has 1 saturated carbocycles. The number of ether oxygens (including phenoxy) is 1. The van der Waals surface area contributed by atoms with Gasteiger partial charge < -0.3 is 9.84 Å². The van der Waals surface area contributed by atoms with E-state index < -0.39 is 17.7 Å². The monoisotopic (exact) mass is 445 g/mol. The van der Waals surface area contributed by atoms with Crippen LogP contribution in [-0.2, 0) is 15.1 Å². The zero-order valence-electron chi connectivity index (χ0n) is 19.7. The second-order valence-electron chi connectivity index (χ2n) is 9.76. The number of carboxylic acid groups (broad SMARTS) is 1. The van der Waals surface area contributed by atoms with Crippen molar-refractivity contribution in [3.63, 3.8) is 0 Å². The van der Waals surface area contributed by atoms with Gasteiger partial charge >= 0.3 is 5.97 Å². The number of carboxylic acids is 1. The molecule has 1 heterocycles. The Morgan fingerprint density at radius 3 is 2.30 bits per heavy atom. The van der Waals surface area contributed by atoms with Crippen LogP contribution in [0.5, 0.6) is 0 Å². The number of para-hydroxylation sites is 1. The van der Waals surface area contributed by atoms with Gasteiger partial charge in [0.25, 0.3) is 0 Å². The van der Waals surface area contributed by atoms with Crippen molar-refractivity contribution in [3.05, 3.63) is 78.0 Å². The predicted molar refractivity (Wildman–Crippen MR) is 132 cm³/mol. The first-order chi connectivity index (χ1) is 16.0. The minimum atomic E-state index is -1.39. The maximum Gasteiger partial charge on any atom is 0.340 e. The minimum absolute atomic E-state index is 0.0741. The van der Waals surface area contributed by atoms with Crippen LogP contribution in [0.2, 0.25) is 0 Å². The van der Waals surface area contributed by atoms with Crippen LogP contribution >= 0.6 is 0 Å². The van der Waals surface area contributed by atoms with Gasteiger partial charge in [-0.05, 0) is 42.9 Å². The highest BCUT2D eigenvalue weighted by Gasteiger charge is 2.50. The van der Waals surface area contributed by atoms with Crippen molar-refractivity contribution in [2.75, 3.05) is 0 Å². The number of aliphatic carboxylic acids is 1. The lowest BCUT2D eigenvalue weighted by Crippen LogP contribution is -2.46. The van der Waals surface area contributed by atoms with Crippen LogP contribution in [-0.4, -0.2) is 16.1 Å². The van der Waals surface area contributed by atoms with Gasteiger partial charge in [-0.2, -0.15) is 0 Å². The molecular formula is C29H35NO3. The fourth-order valence-electron chi connectivity index (χ4n) is 5.26. The molecule has 1 N–H and O–H groups in total. The molecule has 0 saturated heterocycles. The van der Waals surface area contributed by atoms with Crippen molar-refractivity contribution < 1.29 is 14.6 Å². The van der Waals surface area contributed by atoms with E-state index in [1.165, 1.54) is 0 Å². The van der Waals surface area contributed by atoms with Crippen LogP contribution < -0.4 is 0 Å². The summed E-state index contributed by atoms with van der Waals surface area (Å²) >= 11 is 0. The van der Waals surface area contributed by atoms with E-state index in [4.69, 9.17) is 9.72 Å². The summed E-state index contributed by atoms with van der Waals surface area (Å²) in [4.78, 5) is 18.1. The Morgan fingerprint density at radius 2 is 1.64 bits per heavy atom. The number of hydrogen-bond acceptors (Lipinski definition) is 3. The van der Waals surface area contributed by atoms with Gasteiger partial charge in [0.2, 0.25) is 0 Å². The van der Waals surface area contributed by atoms with Crippen molar-refractivity contribution >= 4 is 16.9 Å². The molecule has 33 heavy (non-hydrogen) atoms. The molecule has 2 unspecified atom stereocenters. The number of fused-ring (bicyclic) bond motifs is 1. The van der Waals surface area contributed by atoms with Crippen molar-refractivity contribution in [2.45, 2.75) is 70.5 Å². The standard InChI is InChI=1S/C29H35NO3/c1-21(2)20-27(26-19-18-22-12-10-11-17-25(22)30-26)33-29(28(31)32,24-15-8-5-9-16-24)23-13-6-3-4-7-14-23/h5,8-12,15-19,21,23,27H,3-4,6-7,13-14,20H2,1-2H3,(H,31,32). The third kappa shape index (κ3) is 5.11. The Balaban J connectivity index is 1.81. The number of aromatic nitrogens is 1. The van der Waals surface area contributed by atoms with E-state index in [-0.39, 0.29) is 5.92 Å². The third-order valence-electron chi connectivity index (χ3n) is 6.91. The molecule has 3 aromatic rings. The summed E-state index contributed by atoms with van der Waals surface area (Å²) in [6.07, 6.45) is 6.42. The van der Waals surface area contributed by atoms with Crippen LogP contribution in [0.4, 0.5) is 0 Å². The van der Waals surface area contributed by atoms with Gasteiger partial charge in [0.05, 0.1) is 11.2 Å². The van der Waals surface area contributed by atoms with E-state index in [1.807, 2.05) is 60.7 Å². The molecule has 1 aromatic heterocycles. The highest BCUT2D eigenvalue weighted by Crippen LogP contribution is 2.46. The summed E-state index contributed by atoms with van der Waals surface area (Å²) in [6, 6.07) is 21.7. The van der Waals surface area contributed by atoms with Gasteiger partial charge in [0.15, 0.2) is 5.60 Å². The Labute approximate surface area is 197 Å². The topological polar surface area (TPSA) is 59.4 Å². The predicted octanol–water partition coefficient (Wildman–Crippen LogP) is 7.29. The number of carbonyl (C=O) groups is 1. The number of pyridine rings is 1. The average molecular weight is 446 g/mol. The van der Waals surface area contributed by atoms with Crippen LogP contribution in [0.1, 0.15) is 76.2 Å². The van der Waals surface area contributed by atoms with Crippen molar-refractivity contribution in [1.82, 2.24) is 4.98 Å². The van der Waals surface area contributed by atoms with Gasteiger partial charge in [-0.1, -0.05) is 94.1 Å². The largest absolute Gasteiger partial charge is 0.479 e. The number of rotatable bonds is 8. The minimum Gasteiger partial charge on any atom is -0.479 e. The molecule has 0 spiro atoms. The molecule has 2 atom stereocenters. The van der Waals surface area contributed by atoms with E-state index in [1.54, 1.807) is 0 Å². The molecule has 4 rings (SSSR count). The van der Waals surface area contributed by atoms with E-state index in [2.05, 4.69) is 19.9 Å². The molecule has 4 nitrogen and oxygen atoms in total. The summed E-state index contributed by atoms with van der Waals surface area (Å²) in [7, 11) is 0. The van der Waals surface area contributed by atoms with Crippen molar-refractivity contribution in [3.8, 4) is 0 Å². The summed E-state index contributed by atoms with van der Waals surface area (Å²) in [6.45, 7) is 4.29. The molecule has 0 bridgehead atoms. The van der Waals surface area contributed by atoms with Crippen LogP contribution in [0, 0.1) is 11.8 Å². The normalized spacial score (nSPS) is 18.0. The summed E-state index contributed by atoms with van der Waals surface area (Å²) in [5.74, 6) is -0.634. The molecule has 2 aromatic carbocycles. The smallest absolute Gasteiger partial charge is 0.340 e. The lowest BCUT2D eigenvalue weighted by molar-refractivity contribution is -0.193. The van der Waals surface area contributed by atoms with Gasteiger partial charge in [-0.25, -0.2) is 4.79 Å². The molecule has 1 aliphatic carbocycles. The SMILES string of the molecule is CC(C)CC(OC(C(=O)O)(c1ccccc1)C1CCCCCC1)c1ccc2ccccc2n1. The highest BCUT2D eigenvalue weighted by atomic mass is 16.5. The van der Waals surface area contributed by atoms with Crippen LogP contribution in [0.15, 0.2) is 66.7 Å². The summed E-state index contributed by atoms with van der Waals surface area (Å²) in [5, 5.41) is 11.8. The third-order valence-corrected chi connectivity index (χ3v) is 6.91. The lowest BCUT2D eigenvalue weighted by atomic mass is 9.76. The lowest BCUT2D eigenvalue weighted by Gasteiger charge is -2.40. The average Bonchev–Trinajstić information content (AvgIpc) is 3.11. The molecule has 1 fully saturated rings. The summed E-state index contributed by atoms with van der Waals surface area (Å²) in [5.41, 5.74) is 1.05.